The summed E-state index contributed by atoms with van der Waals surface area (Å²) in [5.41, 5.74) is 7.52. The van der Waals surface area contributed by atoms with Gasteiger partial charge in [-0.25, -0.2) is 10.8 Å². The van der Waals surface area contributed by atoms with Gasteiger partial charge in [-0.05, 0) is 31.4 Å². The van der Waals surface area contributed by atoms with Gasteiger partial charge in [0.2, 0.25) is 0 Å². The summed E-state index contributed by atoms with van der Waals surface area (Å²) >= 11 is 0. The standard InChI is InChI=1S/C14H14N6/c15-18-14-9-4-3-6-10(9)17-13-8-12(19-20(13)14)11-5-1-2-7-16-11/h1-2,5,7-8,18H,3-4,6,15H2. The van der Waals surface area contributed by atoms with Crippen LogP contribution in [0.2, 0.25) is 0 Å². The van der Waals surface area contributed by atoms with Gasteiger partial charge in [-0.15, -0.1) is 0 Å². The molecule has 0 saturated heterocycles. The Morgan fingerprint density at radius 2 is 2.15 bits per heavy atom. The number of hydrogen-bond acceptors (Lipinski definition) is 5. The molecule has 0 aliphatic heterocycles. The van der Waals surface area contributed by atoms with Crippen molar-refractivity contribution in [3.63, 3.8) is 0 Å². The zero-order valence-corrected chi connectivity index (χ0v) is 10.9. The highest BCUT2D eigenvalue weighted by atomic mass is 15.4. The highest BCUT2D eigenvalue weighted by Crippen LogP contribution is 2.29. The van der Waals surface area contributed by atoms with E-state index in [2.05, 4.69) is 20.5 Å². The number of hydrazine groups is 1. The first kappa shape index (κ1) is 11.4. The van der Waals surface area contributed by atoms with Crippen molar-refractivity contribution < 1.29 is 0 Å². The molecule has 0 amide bonds. The van der Waals surface area contributed by atoms with Crippen molar-refractivity contribution in [3.05, 3.63) is 41.7 Å². The number of nitrogens with two attached hydrogens (primary N) is 1. The van der Waals surface area contributed by atoms with Crippen LogP contribution in [-0.4, -0.2) is 19.6 Å². The van der Waals surface area contributed by atoms with Gasteiger partial charge in [0.1, 0.15) is 11.5 Å². The smallest absolute Gasteiger partial charge is 0.158 e. The first-order valence-electron chi connectivity index (χ1n) is 6.66. The minimum Gasteiger partial charge on any atom is -0.308 e. The molecular formula is C14H14N6. The molecule has 20 heavy (non-hydrogen) atoms. The van der Waals surface area contributed by atoms with Crippen molar-refractivity contribution in [2.24, 2.45) is 5.84 Å². The van der Waals surface area contributed by atoms with Crippen molar-refractivity contribution in [1.82, 2.24) is 19.6 Å². The SMILES string of the molecule is NNc1c2c(nc3cc(-c4ccccn4)nn13)CCC2. The number of rotatable bonds is 2. The van der Waals surface area contributed by atoms with E-state index in [1.165, 1.54) is 5.56 Å². The molecular weight excluding hydrogens is 252 g/mol. The molecule has 3 aromatic heterocycles. The maximum absolute atomic E-state index is 5.68. The van der Waals surface area contributed by atoms with Crippen LogP contribution in [0.4, 0.5) is 5.82 Å². The fourth-order valence-corrected chi connectivity index (χ4v) is 2.78. The minimum absolute atomic E-state index is 0.804. The zero-order valence-electron chi connectivity index (χ0n) is 10.9. The van der Waals surface area contributed by atoms with Gasteiger partial charge in [0.25, 0.3) is 0 Å². The van der Waals surface area contributed by atoms with E-state index in [4.69, 9.17) is 5.84 Å². The van der Waals surface area contributed by atoms with Crippen molar-refractivity contribution in [2.45, 2.75) is 19.3 Å². The molecule has 1 aliphatic rings. The molecule has 0 aromatic carbocycles. The number of pyridine rings is 1. The Morgan fingerprint density at radius 1 is 1.20 bits per heavy atom. The lowest BCUT2D eigenvalue weighted by molar-refractivity contribution is 0.900. The van der Waals surface area contributed by atoms with Crippen molar-refractivity contribution in [3.8, 4) is 11.4 Å². The fourth-order valence-electron chi connectivity index (χ4n) is 2.78. The Morgan fingerprint density at radius 3 is 2.95 bits per heavy atom. The maximum atomic E-state index is 5.68. The highest BCUT2D eigenvalue weighted by Gasteiger charge is 2.21. The third-order valence-corrected chi connectivity index (χ3v) is 3.69. The Hall–Kier alpha value is -2.47. The van der Waals surface area contributed by atoms with Gasteiger partial charge in [-0.1, -0.05) is 6.07 Å². The molecule has 6 heteroatoms. The predicted octanol–water partition coefficient (Wildman–Crippen LogP) is 1.57. The molecule has 0 atom stereocenters. The van der Waals surface area contributed by atoms with Crippen LogP contribution >= 0.6 is 0 Å². The van der Waals surface area contributed by atoms with Crippen LogP contribution in [0.25, 0.3) is 17.0 Å². The summed E-state index contributed by atoms with van der Waals surface area (Å²) in [6.45, 7) is 0. The Balaban J connectivity index is 1.96. The second-order valence-corrected chi connectivity index (χ2v) is 4.90. The molecule has 0 bridgehead atoms. The lowest BCUT2D eigenvalue weighted by Crippen LogP contribution is -2.15. The molecule has 100 valence electrons. The van der Waals surface area contributed by atoms with Crippen LogP contribution in [0.1, 0.15) is 17.7 Å². The number of nitrogens with zero attached hydrogens (tertiary/aromatic N) is 4. The Labute approximate surface area is 115 Å². The number of anilines is 1. The van der Waals surface area contributed by atoms with E-state index in [1.807, 2.05) is 24.3 Å². The molecule has 0 radical (unpaired) electrons. The second kappa shape index (κ2) is 4.28. The molecule has 6 nitrogen and oxygen atoms in total. The van der Waals surface area contributed by atoms with Crippen LogP contribution < -0.4 is 11.3 Å². The average Bonchev–Trinajstić information content (AvgIpc) is 3.11. The molecule has 4 rings (SSSR count). The molecule has 1 aliphatic carbocycles. The lowest BCUT2D eigenvalue weighted by atomic mass is 10.2. The molecule has 3 heterocycles. The molecule has 0 saturated carbocycles. The van der Waals surface area contributed by atoms with E-state index in [0.717, 1.165) is 47.8 Å². The first-order valence-corrected chi connectivity index (χ1v) is 6.66. The van der Waals surface area contributed by atoms with Gasteiger partial charge in [0, 0.05) is 23.5 Å². The number of fused-ring (bicyclic) bond motifs is 2. The monoisotopic (exact) mass is 266 g/mol. The topological polar surface area (TPSA) is 81.1 Å². The maximum Gasteiger partial charge on any atom is 0.158 e. The number of nitrogens with one attached hydrogen (secondary N) is 1. The Bertz CT molecular complexity index is 777. The van der Waals surface area contributed by atoms with E-state index in [0.29, 0.717) is 0 Å². The third kappa shape index (κ3) is 1.58. The first-order chi connectivity index (χ1) is 9.86. The van der Waals surface area contributed by atoms with Gasteiger partial charge in [0.15, 0.2) is 5.65 Å². The lowest BCUT2D eigenvalue weighted by Gasteiger charge is -2.08. The predicted molar refractivity (Wildman–Crippen MR) is 76.1 cm³/mol. The fraction of sp³-hybridized carbons (Fsp3) is 0.214. The van der Waals surface area contributed by atoms with Gasteiger partial charge < -0.3 is 5.43 Å². The van der Waals surface area contributed by atoms with Gasteiger partial charge in [0.05, 0.1) is 5.69 Å². The average molecular weight is 266 g/mol. The van der Waals surface area contributed by atoms with E-state index in [9.17, 15) is 0 Å². The summed E-state index contributed by atoms with van der Waals surface area (Å²) in [5.74, 6) is 6.52. The summed E-state index contributed by atoms with van der Waals surface area (Å²) in [5, 5.41) is 4.58. The summed E-state index contributed by atoms with van der Waals surface area (Å²) < 4.78 is 1.77. The summed E-state index contributed by atoms with van der Waals surface area (Å²) in [6, 6.07) is 7.72. The number of hydrogen-bond donors (Lipinski definition) is 2. The molecule has 3 N–H and O–H groups in total. The number of aryl methyl sites for hydroxylation is 1. The second-order valence-electron chi connectivity index (χ2n) is 4.90. The van der Waals surface area contributed by atoms with Gasteiger partial charge in [-0.3, -0.25) is 4.98 Å². The largest absolute Gasteiger partial charge is 0.308 e. The van der Waals surface area contributed by atoms with Crippen LogP contribution in [0, 0.1) is 0 Å². The van der Waals surface area contributed by atoms with Gasteiger partial charge in [-0.2, -0.15) is 9.61 Å². The number of aromatic nitrogens is 4. The van der Waals surface area contributed by atoms with Crippen LogP contribution in [0.5, 0.6) is 0 Å². The van der Waals surface area contributed by atoms with Crippen LogP contribution in [0.3, 0.4) is 0 Å². The summed E-state index contributed by atoms with van der Waals surface area (Å²) in [7, 11) is 0. The molecule has 0 unspecified atom stereocenters. The Kier molecular flexibility index (Phi) is 2.43. The zero-order chi connectivity index (χ0) is 13.5. The van der Waals surface area contributed by atoms with E-state index < -0.39 is 0 Å². The minimum atomic E-state index is 0.804. The van der Waals surface area contributed by atoms with Crippen LogP contribution in [0.15, 0.2) is 30.5 Å². The third-order valence-electron chi connectivity index (χ3n) is 3.69. The highest BCUT2D eigenvalue weighted by molar-refractivity contribution is 5.64. The van der Waals surface area contributed by atoms with E-state index in [1.54, 1.807) is 10.7 Å². The summed E-state index contributed by atoms with van der Waals surface area (Å²) in [4.78, 5) is 9.01. The number of nitrogen functional groups attached to an aromatic ring is 1. The summed E-state index contributed by atoms with van der Waals surface area (Å²) in [6.07, 6.45) is 4.88. The van der Waals surface area contributed by atoms with Crippen molar-refractivity contribution >= 4 is 11.5 Å². The molecule has 3 aromatic rings. The quantitative estimate of drug-likeness (QED) is 0.543. The molecule has 0 fully saturated rings. The van der Waals surface area contributed by atoms with E-state index in [-0.39, 0.29) is 0 Å². The normalized spacial score (nSPS) is 13.7. The van der Waals surface area contributed by atoms with Crippen molar-refractivity contribution in [2.75, 3.05) is 5.43 Å². The molecule has 0 spiro atoms. The van der Waals surface area contributed by atoms with E-state index >= 15 is 0 Å². The van der Waals surface area contributed by atoms with Crippen molar-refractivity contribution in [1.29, 1.82) is 0 Å². The van der Waals surface area contributed by atoms with Gasteiger partial charge >= 0.3 is 0 Å². The van der Waals surface area contributed by atoms with Crippen LogP contribution in [-0.2, 0) is 12.8 Å².